The maximum absolute atomic E-state index is 13.0. The van der Waals surface area contributed by atoms with Crippen LogP contribution in [0, 0.1) is 0 Å². The Kier molecular flexibility index (Phi) is 7.36. The molecule has 1 aliphatic rings. The molecule has 0 spiro atoms. The predicted octanol–water partition coefficient (Wildman–Crippen LogP) is 4.82. The topological polar surface area (TPSA) is 54.9 Å². The van der Waals surface area contributed by atoms with Crippen molar-refractivity contribution in [3.63, 3.8) is 0 Å². The first-order valence-electron chi connectivity index (χ1n) is 9.10. The molecule has 0 unspecified atom stereocenters. The lowest BCUT2D eigenvalue weighted by Gasteiger charge is -2.20. The fourth-order valence-corrected chi connectivity index (χ4v) is 4.43. The molecule has 6 nitrogen and oxygen atoms in total. The van der Waals surface area contributed by atoms with Crippen LogP contribution in [0.25, 0.3) is 16.3 Å². The van der Waals surface area contributed by atoms with Gasteiger partial charge in [0.1, 0.15) is 0 Å². The SMILES string of the molecule is CN(C)CCN(C(=O)C=Cc1ccc2c(c1)OCO2)c1nc2ccc(Br)cc2s1.Cl. The lowest BCUT2D eigenvalue weighted by molar-refractivity contribution is -0.114. The number of benzene rings is 2. The Morgan fingerprint density at radius 3 is 2.77 bits per heavy atom. The number of carbonyl (C=O) groups is 1. The number of thiazole rings is 1. The van der Waals surface area contributed by atoms with Crippen LogP contribution in [0.15, 0.2) is 46.9 Å². The first-order valence-corrected chi connectivity index (χ1v) is 10.7. The van der Waals surface area contributed by atoms with E-state index in [0.717, 1.165) is 32.5 Å². The van der Waals surface area contributed by atoms with Crippen molar-refractivity contribution in [2.45, 2.75) is 0 Å². The van der Waals surface area contributed by atoms with E-state index in [1.54, 1.807) is 17.1 Å². The molecule has 0 saturated heterocycles. The summed E-state index contributed by atoms with van der Waals surface area (Å²) in [5, 5.41) is 0.695. The summed E-state index contributed by atoms with van der Waals surface area (Å²) >= 11 is 5.00. The molecule has 0 aliphatic carbocycles. The lowest BCUT2D eigenvalue weighted by Crippen LogP contribution is -2.35. The molecule has 0 atom stereocenters. The minimum absolute atomic E-state index is 0. The number of halogens is 2. The van der Waals surface area contributed by atoms with E-state index >= 15 is 0 Å². The van der Waals surface area contributed by atoms with E-state index in [0.29, 0.717) is 17.4 Å². The van der Waals surface area contributed by atoms with Gasteiger partial charge in [0.05, 0.1) is 10.2 Å². The number of amides is 1. The summed E-state index contributed by atoms with van der Waals surface area (Å²) in [5.41, 5.74) is 1.76. The summed E-state index contributed by atoms with van der Waals surface area (Å²) in [5.74, 6) is 1.31. The maximum Gasteiger partial charge on any atom is 0.252 e. The van der Waals surface area contributed by atoms with E-state index in [4.69, 9.17) is 9.47 Å². The highest BCUT2D eigenvalue weighted by Crippen LogP contribution is 2.33. The molecule has 4 rings (SSSR count). The zero-order valence-corrected chi connectivity index (χ0v) is 19.7. The third-order valence-electron chi connectivity index (χ3n) is 4.42. The van der Waals surface area contributed by atoms with Gasteiger partial charge in [-0.15, -0.1) is 12.4 Å². The van der Waals surface area contributed by atoms with E-state index in [1.807, 2.05) is 55.4 Å². The minimum Gasteiger partial charge on any atom is -0.454 e. The second-order valence-electron chi connectivity index (χ2n) is 6.85. The van der Waals surface area contributed by atoms with Crippen molar-refractivity contribution >= 4 is 67.0 Å². The van der Waals surface area contributed by atoms with Gasteiger partial charge >= 0.3 is 0 Å². The van der Waals surface area contributed by atoms with Crippen molar-refractivity contribution in [3.05, 3.63) is 52.5 Å². The molecule has 0 saturated carbocycles. The van der Waals surface area contributed by atoms with Crippen LogP contribution >= 0.6 is 39.7 Å². The fourth-order valence-electron chi connectivity index (χ4n) is 2.88. The molecule has 1 aromatic heterocycles. The van der Waals surface area contributed by atoms with Crippen molar-refractivity contribution in [1.29, 1.82) is 0 Å². The van der Waals surface area contributed by atoms with Crippen LogP contribution in [0.5, 0.6) is 11.5 Å². The van der Waals surface area contributed by atoms with E-state index in [2.05, 4.69) is 20.9 Å². The fraction of sp³-hybridized carbons (Fsp3) is 0.238. The monoisotopic (exact) mass is 509 g/mol. The summed E-state index contributed by atoms with van der Waals surface area (Å²) in [6.07, 6.45) is 3.37. The number of nitrogens with zero attached hydrogens (tertiary/aromatic N) is 3. The number of aromatic nitrogens is 1. The van der Waals surface area contributed by atoms with Gasteiger partial charge in [0, 0.05) is 23.6 Å². The third-order valence-corrected chi connectivity index (χ3v) is 5.96. The Labute approximate surface area is 193 Å². The number of likely N-dealkylation sites (N-methyl/N-ethyl adjacent to an activating group) is 1. The molecule has 2 heterocycles. The highest BCUT2D eigenvalue weighted by Gasteiger charge is 2.18. The zero-order chi connectivity index (χ0) is 20.4. The van der Waals surface area contributed by atoms with Crippen LogP contribution in [0.3, 0.4) is 0 Å². The molecule has 1 aliphatic heterocycles. The number of hydrogen-bond acceptors (Lipinski definition) is 6. The highest BCUT2D eigenvalue weighted by atomic mass is 79.9. The Hall–Kier alpha value is -2.13. The smallest absolute Gasteiger partial charge is 0.252 e. The van der Waals surface area contributed by atoms with Crippen molar-refractivity contribution in [2.24, 2.45) is 0 Å². The van der Waals surface area contributed by atoms with Gasteiger partial charge in [-0.1, -0.05) is 33.3 Å². The molecular formula is C21H21BrClN3O3S. The quantitative estimate of drug-likeness (QED) is 0.445. The third kappa shape index (κ3) is 5.13. The first kappa shape index (κ1) is 22.6. The summed E-state index contributed by atoms with van der Waals surface area (Å²) < 4.78 is 12.8. The van der Waals surface area contributed by atoms with Gasteiger partial charge in [0.25, 0.3) is 5.91 Å². The molecule has 1 amide bonds. The van der Waals surface area contributed by atoms with E-state index < -0.39 is 0 Å². The average molecular weight is 511 g/mol. The van der Waals surface area contributed by atoms with Crippen LogP contribution < -0.4 is 14.4 Å². The number of fused-ring (bicyclic) bond motifs is 2. The summed E-state index contributed by atoms with van der Waals surface area (Å²) in [6.45, 7) is 1.52. The molecule has 0 fully saturated rings. The lowest BCUT2D eigenvalue weighted by atomic mass is 10.2. The molecular weight excluding hydrogens is 490 g/mol. The van der Waals surface area contributed by atoms with Crippen LogP contribution in [0.2, 0.25) is 0 Å². The predicted molar refractivity (Wildman–Crippen MR) is 127 cm³/mol. The second-order valence-corrected chi connectivity index (χ2v) is 8.77. The summed E-state index contributed by atoms with van der Waals surface area (Å²) in [4.78, 5) is 21.5. The second kappa shape index (κ2) is 9.78. The van der Waals surface area contributed by atoms with Crippen LogP contribution in [0.1, 0.15) is 5.56 Å². The largest absolute Gasteiger partial charge is 0.454 e. The Morgan fingerprint density at radius 2 is 1.97 bits per heavy atom. The molecule has 0 bridgehead atoms. The summed E-state index contributed by atoms with van der Waals surface area (Å²) in [7, 11) is 3.97. The van der Waals surface area contributed by atoms with Gasteiger partial charge in [-0.2, -0.15) is 0 Å². The minimum atomic E-state index is -0.109. The highest BCUT2D eigenvalue weighted by molar-refractivity contribution is 9.10. The van der Waals surface area contributed by atoms with Gasteiger partial charge in [-0.05, 0) is 56.1 Å². The average Bonchev–Trinajstić information content (AvgIpc) is 3.32. The van der Waals surface area contributed by atoms with Crippen molar-refractivity contribution in [1.82, 2.24) is 9.88 Å². The molecule has 3 aromatic rings. The van der Waals surface area contributed by atoms with Crippen LogP contribution in [0.4, 0.5) is 5.13 Å². The van der Waals surface area contributed by atoms with Gasteiger partial charge in [-0.3, -0.25) is 9.69 Å². The van der Waals surface area contributed by atoms with Crippen molar-refractivity contribution in [3.8, 4) is 11.5 Å². The Balaban J connectivity index is 0.00000256. The molecule has 9 heteroatoms. The standard InChI is InChI=1S/C21H20BrN3O3S.ClH/c1-24(2)9-10-25(21-23-16-6-5-15(22)12-19(16)29-21)20(26)8-4-14-3-7-17-18(11-14)28-13-27-17;/h3-8,11-12H,9-10,13H2,1-2H3;1H. The number of ether oxygens (including phenoxy) is 2. The normalized spacial score (nSPS) is 12.5. The Morgan fingerprint density at radius 1 is 1.17 bits per heavy atom. The molecule has 158 valence electrons. The summed E-state index contributed by atoms with van der Waals surface area (Å²) in [6, 6.07) is 11.5. The Bertz CT molecular complexity index is 1090. The van der Waals surface area contributed by atoms with E-state index in [9.17, 15) is 4.79 Å². The zero-order valence-electron chi connectivity index (χ0n) is 16.5. The van der Waals surface area contributed by atoms with Crippen LogP contribution in [-0.4, -0.2) is 49.8 Å². The van der Waals surface area contributed by atoms with Crippen molar-refractivity contribution in [2.75, 3.05) is 38.9 Å². The first-order chi connectivity index (χ1) is 14.0. The van der Waals surface area contributed by atoms with E-state index in [1.165, 1.54) is 11.3 Å². The van der Waals surface area contributed by atoms with Gasteiger partial charge in [0.2, 0.25) is 6.79 Å². The molecule has 0 N–H and O–H groups in total. The van der Waals surface area contributed by atoms with E-state index in [-0.39, 0.29) is 25.1 Å². The maximum atomic E-state index is 13.0. The molecule has 2 aromatic carbocycles. The molecule has 30 heavy (non-hydrogen) atoms. The number of carbonyl (C=O) groups excluding carboxylic acids is 1. The number of anilines is 1. The van der Waals surface area contributed by atoms with Crippen LogP contribution in [-0.2, 0) is 4.79 Å². The number of hydrogen-bond donors (Lipinski definition) is 0. The van der Waals surface area contributed by atoms with Gasteiger partial charge < -0.3 is 14.4 Å². The number of rotatable bonds is 6. The van der Waals surface area contributed by atoms with Gasteiger partial charge in [0.15, 0.2) is 16.6 Å². The van der Waals surface area contributed by atoms with Gasteiger partial charge in [-0.25, -0.2) is 4.98 Å². The van der Waals surface area contributed by atoms with Crippen molar-refractivity contribution < 1.29 is 14.3 Å². The molecule has 0 radical (unpaired) electrons.